The summed E-state index contributed by atoms with van der Waals surface area (Å²) < 4.78 is 6.99. The molecule has 4 heteroatoms. The smallest absolute Gasteiger partial charge is 0.340 e. The molecule has 0 saturated carbocycles. The van der Waals surface area contributed by atoms with Crippen molar-refractivity contribution in [1.82, 2.24) is 4.40 Å². The fourth-order valence-electron chi connectivity index (χ4n) is 2.34. The van der Waals surface area contributed by atoms with Gasteiger partial charge in [-0.2, -0.15) is 0 Å². The molecule has 1 N–H and O–H groups in total. The van der Waals surface area contributed by atoms with Gasteiger partial charge in [0, 0.05) is 17.6 Å². The van der Waals surface area contributed by atoms with E-state index in [1.807, 2.05) is 28.8 Å². The molecule has 0 unspecified atom stereocenters. The Hall–Kier alpha value is -2.49. The van der Waals surface area contributed by atoms with Crippen LogP contribution in [0, 0.1) is 0 Å². The zero-order chi connectivity index (χ0) is 13.4. The Kier molecular flexibility index (Phi) is 2.63. The van der Waals surface area contributed by atoms with Crippen LogP contribution in [0.1, 0.15) is 17.3 Å². The zero-order valence-electron chi connectivity index (χ0n) is 10.5. The number of phenolic OH excluding ortho intramolecular Hbond substituents is 1. The molecule has 4 nitrogen and oxygen atoms in total. The second-order valence-corrected chi connectivity index (χ2v) is 4.25. The molecule has 0 bridgehead atoms. The summed E-state index contributed by atoms with van der Waals surface area (Å²) in [6.07, 6.45) is 1.86. The van der Waals surface area contributed by atoms with Crippen molar-refractivity contribution in [3.8, 4) is 5.75 Å². The molecule has 0 spiro atoms. The third-order valence-corrected chi connectivity index (χ3v) is 3.11. The molecule has 0 amide bonds. The van der Waals surface area contributed by atoms with Crippen LogP contribution in [0.2, 0.25) is 0 Å². The maximum atomic E-state index is 12.1. The van der Waals surface area contributed by atoms with Gasteiger partial charge in [0.05, 0.1) is 23.2 Å². The minimum Gasteiger partial charge on any atom is -0.508 e. The summed E-state index contributed by atoms with van der Waals surface area (Å²) in [6.45, 7) is 2.12. The Morgan fingerprint density at radius 1 is 1.26 bits per heavy atom. The molecule has 96 valence electrons. The van der Waals surface area contributed by atoms with Crippen molar-refractivity contribution in [1.29, 1.82) is 0 Å². The van der Waals surface area contributed by atoms with Crippen LogP contribution in [0.4, 0.5) is 0 Å². The monoisotopic (exact) mass is 255 g/mol. The van der Waals surface area contributed by atoms with Gasteiger partial charge in [0.15, 0.2) is 0 Å². The van der Waals surface area contributed by atoms with Crippen molar-refractivity contribution in [2.75, 3.05) is 6.61 Å². The lowest BCUT2D eigenvalue weighted by molar-refractivity contribution is 0.0531. The highest BCUT2D eigenvalue weighted by Gasteiger charge is 2.18. The molecule has 0 atom stereocenters. The molecule has 0 fully saturated rings. The van der Waals surface area contributed by atoms with Crippen molar-refractivity contribution in [2.45, 2.75) is 6.92 Å². The molecule has 0 radical (unpaired) electrons. The third-order valence-electron chi connectivity index (χ3n) is 3.11. The number of pyridine rings is 1. The molecular formula is C15H13NO3. The van der Waals surface area contributed by atoms with E-state index < -0.39 is 0 Å². The second kappa shape index (κ2) is 4.31. The summed E-state index contributed by atoms with van der Waals surface area (Å²) in [7, 11) is 0. The van der Waals surface area contributed by atoms with Crippen molar-refractivity contribution >= 4 is 22.4 Å². The van der Waals surface area contributed by atoms with Crippen molar-refractivity contribution in [2.24, 2.45) is 0 Å². The Morgan fingerprint density at radius 2 is 2.11 bits per heavy atom. The number of hydrogen-bond donors (Lipinski definition) is 1. The van der Waals surface area contributed by atoms with Crippen LogP contribution in [0.25, 0.3) is 16.4 Å². The van der Waals surface area contributed by atoms with Crippen LogP contribution >= 0.6 is 0 Å². The number of carbonyl (C=O) groups excluding carboxylic acids is 1. The van der Waals surface area contributed by atoms with E-state index in [9.17, 15) is 9.90 Å². The van der Waals surface area contributed by atoms with E-state index in [0.29, 0.717) is 12.2 Å². The van der Waals surface area contributed by atoms with E-state index in [1.165, 1.54) is 0 Å². The maximum Gasteiger partial charge on any atom is 0.340 e. The lowest BCUT2D eigenvalue weighted by Crippen LogP contribution is -2.04. The molecule has 2 aromatic heterocycles. The highest BCUT2D eigenvalue weighted by Crippen LogP contribution is 2.29. The minimum atomic E-state index is -0.341. The Morgan fingerprint density at radius 3 is 2.89 bits per heavy atom. The number of hydrogen-bond acceptors (Lipinski definition) is 3. The van der Waals surface area contributed by atoms with Crippen LogP contribution in [0.3, 0.4) is 0 Å². The zero-order valence-corrected chi connectivity index (χ0v) is 10.5. The first-order valence-corrected chi connectivity index (χ1v) is 6.11. The number of aromatic hydroxyl groups is 1. The Balaban J connectivity index is 2.42. The molecule has 2 heterocycles. The van der Waals surface area contributed by atoms with Crippen LogP contribution in [0.15, 0.2) is 42.6 Å². The second-order valence-electron chi connectivity index (χ2n) is 4.25. The summed E-state index contributed by atoms with van der Waals surface area (Å²) in [5, 5.41) is 10.4. The summed E-state index contributed by atoms with van der Waals surface area (Å²) in [6, 6.07) is 10.6. The van der Waals surface area contributed by atoms with Gasteiger partial charge >= 0.3 is 5.97 Å². The number of rotatable bonds is 2. The maximum absolute atomic E-state index is 12.1. The Labute approximate surface area is 109 Å². The summed E-state index contributed by atoms with van der Waals surface area (Å²) >= 11 is 0. The van der Waals surface area contributed by atoms with Crippen molar-refractivity contribution in [3.05, 3.63) is 48.2 Å². The molecule has 0 saturated heterocycles. The van der Waals surface area contributed by atoms with Gasteiger partial charge in [-0.3, -0.25) is 0 Å². The highest BCUT2D eigenvalue weighted by atomic mass is 16.5. The largest absolute Gasteiger partial charge is 0.508 e. The van der Waals surface area contributed by atoms with Crippen LogP contribution in [0.5, 0.6) is 5.75 Å². The summed E-state index contributed by atoms with van der Waals surface area (Å²) in [5.74, 6) is -0.168. The molecular weight excluding hydrogens is 242 g/mol. The molecule has 19 heavy (non-hydrogen) atoms. The fourth-order valence-corrected chi connectivity index (χ4v) is 2.34. The van der Waals surface area contributed by atoms with Gasteiger partial charge in [-0.05, 0) is 31.2 Å². The molecule has 3 rings (SSSR count). The van der Waals surface area contributed by atoms with E-state index in [-0.39, 0.29) is 11.7 Å². The molecule has 3 aromatic rings. The molecule has 0 aliphatic carbocycles. The Bertz CT molecular complexity index is 774. The number of esters is 1. The van der Waals surface area contributed by atoms with E-state index in [4.69, 9.17) is 4.74 Å². The lowest BCUT2D eigenvalue weighted by atomic mass is 10.1. The minimum absolute atomic E-state index is 0.172. The van der Waals surface area contributed by atoms with Gasteiger partial charge < -0.3 is 14.2 Å². The van der Waals surface area contributed by atoms with Gasteiger partial charge in [-0.15, -0.1) is 0 Å². The van der Waals surface area contributed by atoms with Gasteiger partial charge in [0.2, 0.25) is 0 Å². The topological polar surface area (TPSA) is 50.9 Å². The predicted octanol–water partition coefficient (Wildman–Crippen LogP) is 2.97. The number of ether oxygens (including phenoxy) is 1. The van der Waals surface area contributed by atoms with E-state index in [2.05, 4.69) is 0 Å². The van der Waals surface area contributed by atoms with Gasteiger partial charge in [-0.1, -0.05) is 6.07 Å². The quantitative estimate of drug-likeness (QED) is 0.716. The van der Waals surface area contributed by atoms with E-state index in [0.717, 1.165) is 16.4 Å². The highest BCUT2D eigenvalue weighted by molar-refractivity contribution is 6.11. The first-order chi connectivity index (χ1) is 9.22. The lowest BCUT2D eigenvalue weighted by Gasteiger charge is -2.00. The number of carbonyl (C=O) groups is 1. The van der Waals surface area contributed by atoms with Gasteiger partial charge in [-0.25, -0.2) is 4.79 Å². The van der Waals surface area contributed by atoms with Crippen molar-refractivity contribution < 1.29 is 14.6 Å². The number of aromatic nitrogens is 1. The SMILES string of the molecule is CCOC(=O)c1c2ccc(O)cc2n2ccccc12. The normalized spacial score (nSPS) is 11.0. The van der Waals surface area contributed by atoms with E-state index in [1.54, 1.807) is 25.1 Å². The van der Waals surface area contributed by atoms with Crippen LogP contribution in [-0.4, -0.2) is 22.1 Å². The van der Waals surface area contributed by atoms with Crippen LogP contribution in [-0.2, 0) is 4.74 Å². The fraction of sp³-hybridized carbons (Fsp3) is 0.133. The average molecular weight is 255 g/mol. The summed E-state index contributed by atoms with van der Waals surface area (Å²) in [4.78, 5) is 12.1. The van der Waals surface area contributed by atoms with Crippen molar-refractivity contribution in [3.63, 3.8) is 0 Å². The molecule has 1 aromatic carbocycles. The van der Waals surface area contributed by atoms with Gasteiger partial charge in [0.25, 0.3) is 0 Å². The number of phenols is 1. The summed E-state index contributed by atoms with van der Waals surface area (Å²) in [5.41, 5.74) is 2.11. The number of benzene rings is 1. The van der Waals surface area contributed by atoms with Crippen LogP contribution < -0.4 is 0 Å². The predicted molar refractivity (Wildman–Crippen MR) is 72.5 cm³/mol. The van der Waals surface area contributed by atoms with E-state index >= 15 is 0 Å². The third kappa shape index (κ3) is 1.73. The number of nitrogens with zero attached hydrogens (tertiary/aromatic N) is 1. The first-order valence-electron chi connectivity index (χ1n) is 6.11. The molecule has 0 aliphatic rings. The average Bonchev–Trinajstić information content (AvgIpc) is 2.73. The molecule has 0 aliphatic heterocycles. The first kappa shape index (κ1) is 11.6. The number of fused-ring (bicyclic) bond motifs is 3. The standard InChI is InChI=1S/C15H13NO3/c1-2-19-15(18)14-11-7-6-10(17)9-13(11)16-8-4-3-5-12(14)16/h3-9,17H,2H2,1H3. The van der Waals surface area contributed by atoms with Gasteiger partial charge in [0.1, 0.15) is 5.75 Å².